The van der Waals surface area contributed by atoms with Gasteiger partial charge in [0.2, 0.25) is 0 Å². The minimum Gasteiger partial charge on any atom is -0.506 e. The molecule has 144 valence electrons. The fourth-order valence-corrected chi connectivity index (χ4v) is 3.03. The fraction of sp³-hybridized carbons (Fsp3) is 0.368. The number of aromatic nitrogens is 1. The van der Waals surface area contributed by atoms with Crippen molar-refractivity contribution in [3.05, 3.63) is 42.1 Å². The van der Waals surface area contributed by atoms with Crippen LogP contribution in [0.2, 0.25) is 0 Å². The average molecular weight is 375 g/mol. The molecular formula is C19H21NO7. The molecule has 5 N–H and O–H groups in total. The van der Waals surface area contributed by atoms with Gasteiger partial charge in [-0.05, 0) is 24.3 Å². The zero-order chi connectivity index (χ0) is 19.6. The number of aliphatic hydroxyl groups is 4. The maximum atomic E-state index is 12.2. The van der Waals surface area contributed by atoms with Gasteiger partial charge < -0.3 is 30.3 Å². The standard InChI is InChI=1S/C19H21NO7/c21-9-15-18(25)19(26)17(24)14(27-15)8-12(22)7-6-11-5-4-10-2-1-3-13(23)16(10)20-11/h1-7,14-15,17-19,21,23-26H,8-9H2/b7-6+/t14-,15+,17-,18-,19+/m0/s1. The van der Waals surface area contributed by atoms with Gasteiger partial charge in [-0.2, -0.15) is 0 Å². The van der Waals surface area contributed by atoms with Crippen LogP contribution in [0.5, 0.6) is 5.75 Å². The maximum Gasteiger partial charge on any atom is 0.158 e. The molecule has 0 bridgehead atoms. The molecule has 5 atom stereocenters. The van der Waals surface area contributed by atoms with Crippen LogP contribution >= 0.6 is 0 Å². The molecule has 1 aromatic heterocycles. The highest BCUT2D eigenvalue weighted by molar-refractivity contribution is 5.94. The predicted molar refractivity (Wildman–Crippen MR) is 95.8 cm³/mol. The molecule has 0 spiro atoms. The van der Waals surface area contributed by atoms with E-state index in [2.05, 4.69) is 4.98 Å². The van der Waals surface area contributed by atoms with Gasteiger partial charge in [0, 0.05) is 11.8 Å². The molecule has 1 saturated heterocycles. The number of fused-ring (bicyclic) bond motifs is 1. The van der Waals surface area contributed by atoms with Gasteiger partial charge in [-0.25, -0.2) is 4.98 Å². The predicted octanol–water partition coefficient (Wildman–Crippen LogP) is -0.245. The van der Waals surface area contributed by atoms with E-state index in [4.69, 9.17) is 4.74 Å². The van der Waals surface area contributed by atoms with Gasteiger partial charge >= 0.3 is 0 Å². The van der Waals surface area contributed by atoms with Gasteiger partial charge in [-0.1, -0.05) is 18.2 Å². The molecule has 27 heavy (non-hydrogen) atoms. The molecule has 3 rings (SSSR count). The summed E-state index contributed by atoms with van der Waals surface area (Å²) in [7, 11) is 0. The first-order valence-electron chi connectivity index (χ1n) is 8.51. The van der Waals surface area contributed by atoms with Gasteiger partial charge in [0.1, 0.15) is 35.7 Å². The highest BCUT2D eigenvalue weighted by Crippen LogP contribution is 2.24. The Hall–Kier alpha value is -2.36. The summed E-state index contributed by atoms with van der Waals surface area (Å²) in [6.07, 6.45) is -4.02. The van der Waals surface area contributed by atoms with Crippen LogP contribution in [-0.4, -0.2) is 73.4 Å². The number of allylic oxidation sites excluding steroid dienone is 1. The number of ether oxygens (including phenoxy) is 1. The molecule has 2 heterocycles. The van der Waals surface area contributed by atoms with Crippen LogP contribution in [0.4, 0.5) is 0 Å². The fourth-order valence-electron chi connectivity index (χ4n) is 3.03. The number of hydrogen-bond donors (Lipinski definition) is 5. The number of rotatable bonds is 5. The summed E-state index contributed by atoms with van der Waals surface area (Å²) in [5.74, 6) is -0.353. The quantitative estimate of drug-likeness (QED) is 0.451. The molecule has 0 radical (unpaired) electrons. The SMILES string of the molecule is O=C(/C=C/c1ccc2cccc(O)c2n1)C[C@@H]1O[C@H](CO)[C@H](O)[C@H](O)[C@H]1O. The number of para-hydroxylation sites is 1. The van der Waals surface area contributed by atoms with Gasteiger partial charge in [0.25, 0.3) is 0 Å². The van der Waals surface area contributed by atoms with Crippen LogP contribution < -0.4 is 0 Å². The molecule has 1 aromatic carbocycles. The molecular weight excluding hydrogens is 354 g/mol. The molecule has 0 saturated carbocycles. The van der Waals surface area contributed by atoms with Crippen molar-refractivity contribution in [1.29, 1.82) is 0 Å². The van der Waals surface area contributed by atoms with Crippen molar-refractivity contribution in [3.63, 3.8) is 0 Å². The summed E-state index contributed by atoms with van der Waals surface area (Å²) >= 11 is 0. The lowest BCUT2D eigenvalue weighted by Crippen LogP contribution is -2.58. The normalized spacial score (nSPS) is 28.7. The van der Waals surface area contributed by atoms with Crippen molar-refractivity contribution in [2.45, 2.75) is 36.9 Å². The van der Waals surface area contributed by atoms with Crippen LogP contribution in [0, 0.1) is 0 Å². The first-order valence-corrected chi connectivity index (χ1v) is 8.51. The second-order valence-corrected chi connectivity index (χ2v) is 6.46. The third-order valence-electron chi connectivity index (χ3n) is 4.55. The van der Waals surface area contributed by atoms with Crippen molar-refractivity contribution in [3.8, 4) is 5.75 Å². The van der Waals surface area contributed by atoms with Gasteiger partial charge in [0.05, 0.1) is 18.4 Å². The summed E-state index contributed by atoms with van der Waals surface area (Å²) in [6.45, 7) is -0.546. The van der Waals surface area contributed by atoms with Gasteiger partial charge in [0.15, 0.2) is 5.78 Å². The van der Waals surface area contributed by atoms with Crippen LogP contribution in [0.25, 0.3) is 17.0 Å². The number of ketones is 1. The topological polar surface area (TPSA) is 140 Å². The summed E-state index contributed by atoms with van der Waals surface area (Å²) < 4.78 is 5.31. The molecule has 1 fully saturated rings. The van der Waals surface area contributed by atoms with E-state index in [1.165, 1.54) is 18.2 Å². The lowest BCUT2D eigenvalue weighted by Gasteiger charge is -2.39. The molecule has 0 aliphatic carbocycles. The number of carbonyl (C=O) groups is 1. The second-order valence-electron chi connectivity index (χ2n) is 6.46. The van der Waals surface area contributed by atoms with Crippen molar-refractivity contribution in [1.82, 2.24) is 4.98 Å². The lowest BCUT2D eigenvalue weighted by molar-refractivity contribution is -0.229. The molecule has 1 aliphatic heterocycles. The van der Waals surface area contributed by atoms with Crippen molar-refractivity contribution in [2.24, 2.45) is 0 Å². The summed E-state index contributed by atoms with van der Waals surface area (Å²) in [6, 6.07) is 8.50. The lowest BCUT2D eigenvalue weighted by atomic mass is 9.92. The van der Waals surface area contributed by atoms with E-state index in [0.717, 1.165) is 5.39 Å². The number of nitrogens with zero attached hydrogens (tertiary/aromatic N) is 1. The number of hydrogen-bond acceptors (Lipinski definition) is 8. The third kappa shape index (κ3) is 4.15. The maximum absolute atomic E-state index is 12.2. The molecule has 0 unspecified atom stereocenters. The van der Waals surface area contributed by atoms with Crippen LogP contribution in [0.3, 0.4) is 0 Å². The molecule has 2 aromatic rings. The molecule has 8 nitrogen and oxygen atoms in total. The largest absolute Gasteiger partial charge is 0.506 e. The summed E-state index contributed by atoms with van der Waals surface area (Å²) in [5, 5.41) is 49.3. The van der Waals surface area contributed by atoms with Crippen LogP contribution in [-0.2, 0) is 9.53 Å². The van der Waals surface area contributed by atoms with Crippen molar-refractivity contribution in [2.75, 3.05) is 6.61 Å². The zero-order valence-electron chi connectivity index (χ0n) is 14.3. The van der Waals surface area contributed by atoms with Gasteiger partial charge in [-0.15, -0.1) is 0 Å². The van der Waals surface area contributed by atoms with Crippen molar-refractivity contribution >= 4 is 22.8 Å². The van der Waals surface area contributed by atoms with E-state index in [0.29, 0.717) is 11.2 Å². The number of benzene rings is 1. The van der Waals surface area contributed by atoms with Gasteiger partial charge in [-0.3, -0.25) is 4.79 Å². The Morgan fingerprint density at radius 2 is 1.81 bits per heavy atom. The monoisotopic (exact) mass is 375 g/mol. The Morgan fingerprint density at radius 1 is 1.07 bits per heavy atom. The summed E-state index contributed by atoms with van der Waals surface area (Å²) in [4.78, 5) is 16.5. The van der Waals surface area contributed by atoms with Crippen LogP contribution in [0.15, 0.2) is 36.4 Å². The Morgan fingerprint density at radius 3 is 2.56 bits per heavy atom. The van der Waals surface area contributed by atoms with E-state index < -0.39 is 42.9 Å². The average Bonchev–Trinajstić information content (AvgIpc) is 2.67. The molecule has 8 heteroatoms. The first kappa shape index (κ1) is 19.4. The number of pyridine rings is 1. The van der Waals surface area contributed by atoms with E-state index in [1.807, 2.05) is 0 Å². The zero-order valence-corrected chi connectivity index (χ0v) is 14.3. The summed E-state index contributed by atoms with van der Waals surface area (Å²) in [5.41, 5.74) is 0.882. The Labute approximate surface area is 155 Å². The molecule has 1 aliphatic rings. The number of phenols is 1. The van der Waals surface area contributed by atoms with Crippen LogP contribution in [0.1, 0.15) is 12.1 Å². The number of phenolic OH excluding ortho intramolecular Hbond substituents is 1. The van der Waals surface area contributed by atoms with Crippen molar-refractivity contribution < 1.29 is 35.1 Å². The molecule has 0 amide bonds. The third-order valence-corrected chi connectivity index (χ3v) is 4.55. The highest BCUT2D eigenvalue weighted by Gasteiger charge is 2.43. The number of aromatic hydroxyl groups is 1. The second kappa shape index (κ2) is 8.12. The van der Waals surface area contributed by atoms with E-state index in [1.54, 1.807) is 24.3 Å². The van der Waals surface area contributed by atoms with E-state index in [9.17, 15) is 30.3 Å². The minimum atomic E-state index is -1.51. The number of carbonyl (C=O) groups excluding carboxylic acids is 1. The Bertz CT molecular complexity index is 851. The first-order chi connectivity index (χ1) is 12.9. The van der Waals surface area contributed by atoms with E-state index in [-0.39, 0.29) is 12.2 Å². The smallest absolute Gasteiger partial charge is 0.158 e. The highest BCUT2D eigenvalue weighted by atomic mass is 16.5. The van der Waals surface area contributed by atoms with E-state index >= 15 is 0 Å². The minimum absolute atomic E-state index is 0.0374. The Balaban J connectivity index is 1.69. The number of aliphatic hydroxyl groups excluding tert-OH is 4. The Kier molecular flexibility index (Phi) is 5.83.